The molecule has 0 unspecified atom stereocenters. The number of allylic oxidation sites excluding steroid dienone is 1. The standard InChI is InChI=1S/C12H7N5/c13-8-11(9-14)7-10-1-3-12(4-2-10)17-6-5-15-16-17/h1-7H. The second-order valence-corrected chi connectivity index (χ2v) is 3.22. The first-order valence-electron chi connectivity index (χ1n) is 4.82. The van der Waals surface area contributed by atoms with Crippen LogP contribution in [0.25, 0.3) is 11.8 Å². The van der Waals surface area contributed by atoms with Gasteiger partial charge in [-0.3, -0.25) is 0 Å². The first kappa shape index (κ1) is 10.6. The van der Waals surface area contributed by atoms with Crippen LogP contribution in [0.1, 0.15) is 5.56 Å². The van der Waals surface area contributed by atoms with Gasteiger partial charge in [-0.1, -0.05) is 17.3 Å². The lowest BCUT2D eigenvalue weighted by atomic mass is 10.1. The fourth-order valence-corrected chi connectivity index (χ4v) is 1.33. The lowest BCUT2D eigenvalue weighted by molar-refractivity contribution is 0.803. The van der Waals surface area contributed by atoms with Crippen molar-refractivity contribution in [3.63, 3.8) is 0 Å². The summed E-state index contributed by atoms with van der Waals surface area (Å²) in [5.74, 6) is 0. The summed E-state index contributed by atoms with van der Waals surface area (Å²) in [6.45, 7) is 0. The van der Waals surface area contributed by atoms with Crippen LogP contribution in [-0.2, 0) is 0 Å². The summed E-state index contributed by atoms with van der Waals surface area (Å²) < 4.78 is 1.63. The third-order valence-corrected chi connectivity index (χ3v) is 2.13. The Balaban J connectivity index is 2.29. The summed E-state index contributed by atoms with van der Waals surface area (Å²) in [6, 6.07) is 10.9. The van der Waals surface area contributed by atoms with E-state index in [4.69, 9.17) is 10.5 Å². The number of benzene rings is 1. The van der Waals surface area contributed by atoms with E-state index >= 15 is 0 Å². The van der Waals surface area contributed by atoms with E-state index < -0.39 is 0 Å². The Morgan fingerprint density at radius 1 is 1.18 bits per heavy atom. The van der Waals surface area contributed by atoms with Gasteiger partial charge in [-0.25, -0.2) is 4.68 Å². The normalized spacial score (nSPS) is 9.06. The fraction of sp³-hybridized carbons (Fsp3) is 0. The van der Waals surface area contributed by atoms with Gasteiger partial charge < -0.3 is 0 Å². The van der Waals surface area contributed by atoms with Gasteiger partial charge in [0, 0.05) is 0 Å². The number of nitrogens with zero attached hydrogens (tertiary/aromatic N) is 5. The van der Waals surface area contributed by atoms with E-state index in [1.54, 1.807) is 17.1 Å². The molecule has 1 heterocycles. The molecule has 0 radical (unpaired) electrons. The lowest BCUT2D eigenvalue weighted by Crippen LogP contribution is -1.94. The van der Waals surface area contributed by atoms with Crippen LogP contribution in [-0.4, -0.2) is 15.0 Å². The van der Waals surface area contributed by atoms with Gasteiger partial charge in [0.05, 0.1) is 18.1 Å². The maximum Gasteiger partial charge on any atom is 0.130 e. The number of hydrogen-bond donors (Lipinski definition) is 0. The quantitative estimate of drug-likeness (QED) is 0.723. The smallest absolute Gasteiger partial charge is 0.130 e. The van der Waals surface area contributed by atoms with Crippen molar-refractivity contribution in [2.75, 3.05) is 0 Å². The summed E-state index contributed by atoms with van der Waals surface area (Å²) in [5, 5.41) is 24.8. The van der Waals surface area contributed by atoms with Gasteiger partial charge in [0.1, 0.15) is 17.7 Å². The number of aromatic nitrogens is 3. The predicted molar refractivity (Wildman–Crippen MR) is 60.6 cm³/mol. The molecule has 0 atom stereocenters. The third-order valence-electron chi connectivity index (χ3n) is 2.13. The number of hydrogen-bond acceptors (Lipinski definition) is 4. The molecule has 5 heteroatoms. The van der Waals surface area contributed by atoms with Gasteiger partial charge in [-0.05, 0) is 23.8 Å². The Hall–Kier alpha value is -2.92. The van der Waals surface area contributed by atoms with Crippen molar-refractivity contribution in [2.24, 2.45) is 0 Å². The van der Waals surface area contributed by atoms with Gasteiger partial charge in [-0.2, -0.15) is 10.5 Å². The van der Waals surface area contributed by atoms with Crippen LogP contribution in [0, 0.1) is 22.7 Å². The molecule has 0 saturated heterocycles. The van der Waals surface area contributed by atoms with Crippen LogP contribution >= 0.6 is 0 Å². The van der Waals surface area contributed by atoms with Crippen LogP contribution in [0.5, 0.6) is 0 Å². The van der Waals surface area contributed by atoms with Crippen molar-refractivity contribution in [2.45, 2.75) is 0 Å². The van der Waals surface area contributed by atoms with Crippen LogP contribution in [0.3, 0.4) is 0 Å². The minimum Gasteiger partial charge on any atom is -0.221 e. The van der Waals surface area contributed by atoms with Crippen molar-refractivity contribution in [3.05, 3.63) is 47.8 Å². The molecule has 0 aliphatic carbocycles. The first-order chi connectivity index (χ1) is 8.33. The second-order valence-electron chi connectivity index (χ2n) is 3.22. The SMILES string of the molecule is N#CC(C#N)=Cc1ccc(-n2ccnn2)cc1. The van der Waals surface area contributed by atoms with Crippen molar-refractivity contribution in [1.82, 2.24) is 15.0 Å². The summed E-state index contributed by atoms with van der Waals surface area (Å²) >= 11 is 0. The second kappa shape index (κ2) is 4.73. The molecule has 2 rings (SSSR count). The Morgan fingerprint density at radius 2 is 1.88 bits per heavy atom. The molecular weight excluding hydrogens is 214 g/mol. The Kier molecular flexibility index (Phi) is 2.95. The minimum absolute atomic E-state index is 0.0819. The van der Waals surface area contributed by atoms with Gasteiger partial charge in [0.2, 0.25) is 0 Å². The third kappa shape index (κ3) is 2.36. The molecule has 0 saturated carbocycles. The molecule has 0 aliphatic heterocycles. The maximum absolute atomic E-state index is 8.63. The van der Waals surface area contributed by atoms with Gasteiger partial charge in [0.25, 0.3) is 0 Å². The molecule has 0 amide bonds. The Bertz CT molecular complexity index is 592. The molecule has 5 nitrogen and oxygen atoms in total. The zero-order valence-corrected chi connectivity index (χ0v) is 8.78. The van der Waals surface area contributed by atoms with Crippen molar-refractivity contribution in [1.29, 1.82) is 10.5 Å². The molecule has 0 fully saturated rings. The average molecular weight is 221 g/mol. The van der Waals surface area contributed by atoms with Gasteiger partial charge >= 0.3 is 0 Å². The van der Waals surface area contributed by atoms with E-state index in [2.05, 4.69) is 10.3 Å². The summed E-state index contributed by atoms with van der Waals surface area (Å²) in [7, 11) is 0. The van der Waals surface area contributed by atoms with Crippen LogP contribution in [0.4, 0.5) is 0 Å². The van der Waals surface area contributed by atoms with Crippen molar-refractivity contribution < 1.29 is 0 Å². The topological polar surface area (TPSA) is 78.3 Å². The molecule has 2 aromatic rings. The monoisotopic (exact) mass is 221 g/mol. The van der Waals surface area contributed by atoms with Crippen LogP contribution < -0.4 is 0 Å². The summed E-state index contributed by atoms with van der Waals surface area (Å²) in [4.78, 5) is 0. The largest absolute Gasteiger partial charge is 0.221 e. The van der Waals surface area contributed by atoms with E-state index in [1.807, 2.05) is 36.4 Å². The van der Waals surface area contributed by atoms with Crippen molar-refractivity contribution in [3.8, 4) is 17.8 Å². The minimum atomic E-state index is 0.0819. The number of nitriles is 2. The van der Waals surface area contributed by atoms with E-state index in [0.29, 0.717) is 0 Å². The molecule has 0 aliphatic rings. The highest BCUT2D eigenvalue weighted by Crippen LogP contribution is 2.10. The Labute approximate surface area is 97.8 Å². The first-order valence-corrected chi connectivity index (χ1v) is 4.82. The van der Waals surface area contributed by atoms with E-state index in [0.717, 1.165) is 11.3 Å². The van der Waals surface area contributed by atoms with E-state index in [9.17, 15) is 0 Å². The zero-order chi connectivity index (χ0) is 12.1. The molecule has 1 aromatic carbocycles. The van der Waals surface area contributed by atoms with E-state index in [1.165, 1.54) is 6.08 Å². The Morgan fingerprint density at radius 3 is 2.41 bits per heavy atom. The van der Waals surface area contributed by atoms with Crippen LogP contribution in [0.2, 0.25) is 0 Å². The highest BCUT2D eigenvalue weighted by molar-refractivity contribution is 5.62. The average Bonchev–Trinajstić information content (AvgIpc) is 2.90. The lowest BCUT2D eigenvalue weighted by Gasteiger charge is -2.00. The molecule has 1 aromatic heterocycles. The highest BCUT2D eigenvalue weighted by Gasteiger charge is 1.97. The number of rotatable bonds is 2. The molecule has 17 heavy (non-hydrogen) atoms. The molecule has 0 N–H and O–H groups in total. The maximum atomic E-state index is 8.63. The summed E-state index contributed by atoms with van der Waals surface area (Å²) in [5.41, 5.74) is 1.75. The molecular formula is C12H7N5. The molecule has 80 valence electrons. The van der Waals surface area contributed by atoms with Crippen molar-refractivity contribution >= 4 is 6.08 Å². The fourth-order valence-electron chi connectivity index (χ4n) is 1.33. The van der Waals surface area contributed by atoms with Gasteiger partial charge in [-0.15, -0.1) is 5.10 Å². The van der Waals surface area contributed by atoms with E-state index in [-0.39, 0.29) is 5.57 Å². The predicted octanol–water partition coefficient (Wildman–Crippen LogP) is 1.70. The molecule has 0 bridgehead atoms. The molecule has 0 spiro atoms. The zero-order valence-electron chi connectivity index (χ0n) is 8.78. The highest BCUT2D eigenvalue weighted by atomic mass is 15.4. The summed E-state index contributed by atoms with van der Waals surface area (Å²) in [6.07, 6.45) is 4.86. The van der Waals surface area contributed by atoms with Gasteiger partial charge in [0.15, 0.2) is 0 Å². The van der Waals surface area contributed by atoms with Crippen LogP contribution in [0.15, 0.2) is 42.2 Å².